The van der Waals surface area contributed by atoms with Crippen molar-refractivity contribution in [2.75, 3.05) is 11.1 Å². The molecular weight excluding hydrogens is 246 g/mol. The van der Waals surface area contributed by atoms with Crippen molar-refractivity contribution in [1.29, 1.82) is 0 Å². The first kappa shape index (κ1) is 12.5. The summed E-state index contributed by atoms with van der Waals surface area (Å²) in [5, 5.41) is 3.82. The summed E-state index contributed by atoms with van der Waals surface area (Å²) in [6.07, 6.45) is 9.92. The fraction of sp³-hybridized carbons (Fsp3) is 0.706. The number of nitrogens with two attached hydrogens (primary N) is 1. The van der Waals surface area contributed by atoms with Gasteiger partial charge in [0.2, 0.25) is 0 Å². The molecule has 3 N–H and O–H groups in total. The van der Waals surface area contributed by atoms with Crippen LogP contribution in [0, 0.1) is 16.7 Å². The predicted molar refractivity (Wildman–Crippen MR) is 82.4 cm³/mol. The SMILES string of the molecule is CC12CC3CC(C)(C1)CC(Nc1cccnc1N)(C3)C2. The summed E-state index contributed by atoms with van der Waals surface area (Å²) in [4.78, 5) is 4.23. The monoisotopic (exact) mass is 271 g/mol. The second-order valence-corrected chi connectivity index (χ2v) is 8.47. The average Bonchev–Trinajstić information content (AvgIpc) is 2.27. The van der Waals surface area contributed by atoms with Gasteiger partial charge in [0.15, 0.2) is 0 Å². The third-order valence-electron chi connectivity index (χ3n) is 5.86. The molecule has 4 saturated carbocycles. The van der Waals surface area contributed by atoms with E-state index in [1.54, 1.807) is 6.20 Å². The van der Waals surface area contributed by atoms with Gasteiger partial charge in [0.25, 0.3) is 0 Å². The van der Waals surface area contributed by atoms with Crippen LogP contribution in [0.2, 0.25) is 0 Å². The van der Waals surface area contributed by atoms with Crippen molar-refractivity contribution in [3.63, 3.8) is 0 Å². The Kier molecular flexibility index (Phi) is 2.30. The molecule has 3 nitrogen and oxygen atoms in total. The number of nitrogens with zero attached hydrogens (tertiary/aromatic N) is 1. The summed E-state index contributed by atoms with van der Waals surface area (Å²) in [6, 6.07) is 4.05. The van der Waals surface area contributed by atoms with Gasteiger partial charge in [0, 0.05) is 11.7 Å². The highest BCUT2D eigenvalue weighted by Crippen LogP contribution is 2.66. The number of hydrogen-bond donors (Lipinski definition) is 2. The highest BCUT2D eigenvalue weighted by Gasteiger charge is 2.60. The molecular formula is C17H25N3. The van der Waals surface area contributed by atoms with Gasteiger partial charge in [-0.25, -0.2) is 4.98 Å². The normalized spacial score (nSPS) is 45.6. The van der Waals surface area contributed by atoms with Crippen molar-refractivity contribution in [2.45, 2.75) is 57.9 Å². The van der Waals surface area contributed by atoms with E-state index in [9.17, 15) is 0 Å². The molecule has 1 aromatic rings. The van der Waals surface area contributed by atoms with E-state index in [-0.39, 0.29) is 5.54 Å². The van der Waals surface area contributed by atoms with Crippen molar-refractivity contribution < 1.29 is 0 Å². The second-order valence-electron chi connectivity index (χ2n) is 8.47. The van der Waals surface area contributed by atoms with E-state index in [0.717, 1.165) is 11.6 Å². The van der Waals surface area contributed by atoms with E-state index >= 15 is 0 Å². The van der Waals surface area contributed by atoms with Gasteiger partial charge in [-0.3, -0.25) is 0 Å². The quantitative estimate of drug-likeness (QED) is 0.859. The number of hydrogen-bond acceptors (Lipinski definition) is 3. The van der Waals surface area contributed by atoms with E-state index in [0.29, 0.717) is 16.6 Å². The molecule has 5 rings (SSSR count). The molecule has 0 aliphatic heterocycles. The second kappa shape index (κ2) is 3.69. The van der Waals surface area contributed by atoms with Crippen LogP contribution in [-0.2, 0) is 0 Å². The summed E-state index contributed by atoms with van der Waals surface area (Å²) in [7, 11) is 0. The van der Waals surface area contributed by atoms with Crippen molar-refractivity contribution in [1.82, 2.24) is 4.98 Å². The van der Waals surface area contributed by atoms with Crippen LogP contribution in [0.4, 0.5) is 11.5 Å². The van der Waals surface area contributed by atoms with E-state index in [1.165, 1.54) is 38.5 Å². The van der Waals surface area contributed by atoms with Gasteiger partial charge in [-0.2, -0.15) is 0 Å². The molecule has 4 fully saturated rings. The van der Waals surface area contributed by atoms with Gasteiger partial charge >= 0.3 is 0 Å². The molecule has 2 unspecified atom stereocenters. The Morgan fingerprint density at radius 3 is 2.45 bits per heavy atom. The van der Waals surface area contributed by atoms with Crippen molar-refractivity contribution >= 4 is 11.5 Å². The summed E-state index contributed by atoms with van der Waals surface area (Å²) in [5.74, 6) is 1.53. The van der Waals surface area contributed by atoms with Crippen LogP contribution in [0.5, 0.6) is 0 Å². The van der Waals surface area contributed by atoms with Gasteiger partial charge in [0.05, 0.1) is 5.69 Å². The first-order valence-corrected chi connectivity index (χ1v) is 7.88. The molecule has 4 aliphatic rings. The van der Waals surface area contributed by atoms with Gasteiger partial charge in [0.1, 0.15) is 5.82 Å². The maximum atomic E-state index is 6.04. The lowest BCUT2D eigenvalue weighted by atomic mass is 9.43. The van der Waals surface area contributed by atoms with E-state index in [1.807, 2.05) is 6.07 Å². The molecule has 0 radical (unpaired) electrons. The van der Waals surface area contributed by atoms with E-state index in [4.69, 9.17) is 5.73 Å². The number of pyridine rings is 1. The highest BCUT2D eigenvalue weighted by atomic mass is 15.0. The lowest BCUT2D eigenvalue weighted by molar-refractivity contribution is -0.0972. The molecule has 0 spiro atoms. The summed E-state index contributed by atoms with van der Waals surface area (Å²) < 4.78 is 0. The molecule has 0 saturated heterocycles. The fourth-order valence-electron chi connectivity index (χ4n) is 6.40. The molecule has 108 valence electrons. The lowest BCUT2D eigenvalue weighted by Crippen LogP contribution is -2.61. The maximum absolute atomic E-state index is 6.04. The maximum Gasteiger partial charge on any atom is 0.146 e. The zero-order chi connectivity index (χ0) is 14.0. The number of anilines is 2. The largest absolute Gasteiger partial charge is 0.382 e. The Hall–Kier alpha value is -1.25. The Labute approximate surface area is 121 Å². The van der Waals surface area contributed by atoms with Crippen LogP contribution >= 0.6 is 0 Å². The molecule has 1 aromatic heterocycles. The zero-order valence-corrected chi connectivity index (χ0v) is 12.6. The molecule has 0 amide bonds. The van der Waals surface area contributed by atoms with Crippen LogP contribution < -0.4 is 11.1 Å². The molecule has 4 bridgehead atoms. The number of rotatable bonds is 2. The van der Waals surface area contributed by atoms with Gasteiger partial charge in [-0.05, 0) is 67.4 Å². The van der Waals surface area contributed by atoms with Gasteiger partial charge in [-0.1, -0.05) is 13.8 Å². The fourth-order valence-corrected chi connectivity index (χ4v) is 6.40. The van der Waals surface area contributed by atoms with Crippen LogP contribution in [0.25, 0.3) is 0 Å². The minimum Gasteiger partial charge on any atom is -0.382 e. The minimum atomic E-state index is 0.250. The Balaban J connectivity index is 1.69. The van der Waals surface area contributed by atoms with Gasteiger partial charge < -0.3 is 11.1 Å². The topological polar surface area (TPSA) is 50.9 Å². The summed E-state index contributed by atoms with van der Waals surface area (Å²) in [6.45, 7) is 5.00. The molecule has 0 aromatic carbocycles. The average molecular weight is 271 g/mol. The van der Waals surface area contributed by atoms with Gasteiger partial charge in [-0.15, -0.1) is 0 Å². The third-order valence-corrected chi connectivity index (χ3v) is 5.86. The van der Waals surface area contributed by atoms with E-state index in [2.05, 4.69) is 30.2 Å². The highest BCUT2D eigenvalue weighted by molar-refractivity contribution is 5.62. The molecule has 20 heavy (non-hydrogen) atoms. The number of aromatic nitrogens is 1. The zero-order valence-electron chi connectivity index (χ0n) is 12.6. The third kappa shape index (κ3) is 1.82. The smallest absolute Gasteiger partial charge is 0.146 e. The summed E-state index contributed by atoms with van der Waals surface area (Å²) in [5.41, 5.74) is 8.37. The first-order valence-electron chi connectivity index (χ1n) is 7.88. The molecule has 1 heterocycles. The number of nitrogen functional groups attached to an aromatic ring is 1. The Morgan fingerprint density at radius 1 is 1.15 bits per heavy atom. The van der Waals surface area contributed by atoms with Crippen LogP contribution in [0.3, 0.4) is 0 Å². The molecule has 2 atom stereocenters. The van der Waals surface area contributed by atoms with E-state index < -0.39 is 0 Å². The predicted octanol–water partition coefficient (Wildman–Crippen LogP) is 3.82. The molecule has 4 aliphatic carbocycles. The summed E-state index contributed by atoms with van der Waals surface area (Å²) >= 11 is 0. The standard InChI is InChI=1S/C17H25N3/c1-15-6-12-7-16(2,9-15)11-17(8-12,10-15)20-13-4-3-5-19-14(13)18/h3-5,12,20H,6-11H2,1-2H3,(H2,18,19). The van der Waals surface area contributed by atoms with Crippen LogP contribution in [-0.4, -0.2) is 10.5 Å². The first-order chi connectivity index (χ1) is 9.40. The molecule has 3 heteroatoms. The number of nitrogens with one attached hydrogen (secondary N) is 1. The lowest BCUT2D eigenvalue weighted by Gasteiger charge is -2.65. The van der Waals surface area contributed by atoms with Crippen LogP contribution in [0.15, 0.2) is 18.3 Å². The van der Waals surface area contributed by atoms with Crippen molar-refractivity contribution in [3.8, 4) is 0 Å². The Morgan fingerprint density at radius 2 is 1.85 bits per heavy atom. The van der Waals surface area contributed by atoms with Crippen LogP contribution in [0.1, 0.15) is 52.4 Å². The van der Waals surface area contributed by atoms with Crippen molar-refractivity contribution in [3.05, 3.63) is 18.3 Å². The Bertz CT molecular complexity index is 535. The minimum absolute atomic E-state index is 0.250. The van der Waals surface area contributed by atoms with Crippen molar-refractivity contribution in [2.24, 2.45) is 16.7 Å².